The number of rotatable bonds is 1. The quantitative estimate of drug-likeness (QED) is 0.338. The van der Waals surface area contributed by atoms with E-state index in [9.17, 15) is 9.59 Å². The van der Waals surface area contributed by atoms with Crippen molar-refractivity contribution in [3.63, 3.8) is 0 Å². The number of likely N-dealkylation sites (N-methyl/N-ethyl adjacent to an activating group) is 1. The molecular weight excluding hydrogens is 106 g/mol. The number of carbonyl (C=O) groups excluding carboxylic acids is 2. The van der Waals surface area contributed by atoms with Gasteiger partial charge in [-0.05, 0) is 0 Å². The van der Waals surface area contributed by atoms with Crippen LogP contribution >= 0.6 is 0 Å². The second-order valence-electron chi connectivity index (χ2n) is 1.49. The molecule has 0 aromatic rings. The first-order valence-corrected chi connectivity index (χ1v) is 2.10. The summed E-state index contributed by atoms with van der Waals surface area (Å²) in [7, 11) is 3.13. The van der Waals surface area contributed by atoms with Crippen LogP contribution in [0.1, 0.15) is 0 Å². The van der Waals surface area contributed by atoms with E-state index >= 15 is 0 Å². The van der Waals surface area contributed by atoms with Gasteiger partial charge in [0.15, 0.2) is 0 Å². The first-order valence-electron chi connectivity index (χ1n) is 2.10. The van der Waals surface area contributed by atoms with E-state index < -0.39 is 0 Å². The molecule has 44 valence electrons. The van der Waals surface area contributed by atoms with Crippen LogP contribution in [0, 0.1) is 0 Å². The average molecular weight is 113 g/mol. The fraction of sp³-hybridized carbons (Fsp3) is 0.400. The van der Waals surface area contributed by atoms with Gasteiger partial charge in [0.1, 0.15) is 5.94 Å². The molecule has 0 aromatic carbocycles. The molecular formula is C5H7NO2. The molecule has 0 fully saturated rings. The highest BCUT2D eigenvalue weighted by Gasteiger charge is 1.94. The van der Waals surface area contributed by atoms with E-state index in [4.69, 9.17) is 0 Å². The molecule has 0 heterocycles. The van der Waals surface area contributed by atoms with Gasteiger partial charge in [-0.3, -0.25) is 4.79 Å². The van der Waals surface area contributed by atoms with Crippen LogP contribution in [0.15, 0.2) is 6.08 Å². The van der Waals surface area contributed by atoms with Crippen LogP contribution in [-0.2, 0) is 9.59 Å². The number of carbonyl (C=O) groups is 1. The Hall–Kier alpha value is -1.08. The minimum atomic E-state index is -0.333. The molecule has 0 aromatic heterocycles. The van der Waals surface area contributed by atoms with E-state index in [1.807, 2.05) is 0 Å². The molecule has 0 N–H and O–H groups in total. The van der Waals surface area contributed by atoms with Crippen molar-refractivity contribution in [2.75, 3.05) is 14.1 Å². The summed E-state index contributed by atoms with van der Waals surface area (Å²) < 4.78 is 0. The maximum atomic E-state index is 10.4. The van der Waals surface area contributed by atoms with Gasteiger partial charge in [0.05, 0.1) is 6.08 Å². The second-order valence-corrected chi connectivity index (χ2v) is 1.49. The Bertz CT molecular complexity index is 133. The van der Waals surface area contributed by atoms with E-state index in [0.717, 1.165) is 6.08 Å². The van der Waals surface area contributed by atoms with Crippen molar-refractivity contribution in [1.82, 2.24) is 4.90 Å². The number of amides is 1. The Morgan fingerprint density at radius 1 is 1.62 bits per heavy atom. The zero-order valence-electron chi connectivity index (χ0n) is 4.84. The van der Waals surface area contributed by atoms with E-state index in [0.29, 0.717) is 0 Å². The lowest BCUT2D eigenvalue weighted by molar-refractivity contribution is -0.123. The van der Waals surface area contributed by atoms with Crippen molar-refractivity contribution in [2.45, 2.75) is 0 Å². The van der Waals surface area contributed by atoms with Crippen molar-refractivity contribution in [3.8, 4) is 0 Å². The molecule has 3 nitrogen and oxygen atoms in total. The fourth-order valence-electron chi connectivity index (χ4n) is 0.180. The van der Waals surface area contributed by atoms with Gasteiger partial charge in [-0.2, -0.15) is 0 Å². The zero-order valence-corrected chi connectivity index (χ0v) is 4.84. The van der Waals surface area contributed by atoms with Gasteiger partial charge >= 0.3 is 0 Å². The molecule has 0 rings (SSSR count). The van der Waals surface area contributed by atoms with Crippen molar-refractivity contribution < 1.29 is 9.59 Å². The maximum absolute atomic E-state index is 10.4. The molecule has 0 saturated heterocycles. The number of nitrogens with zero attached hydrogens (tertiary/aromatic N) is 1. The third-order valence-corrected chi connectivity index (χ3v) is 0.623. The molecule has 0 unspecified atom stereocenters. The lowest BCUT2D eigenvalue weighted by Crippen LogP contribution is -2.18. The molecule has 0 radical (unpaired) electrons. The number of hydrogen-bond acceptors (Lipinski definition) is 2. The SMILES string of the molecule is CN(C)C(=O)C=C=O. The van der Waals surface area contributed by atoms with Crippen molar-refractivity contribution in [1.29, 1.82) is 0 Å². The topological polar surface area (TPSA) is 37.4 Å². The Balaban J connectivity index is 3.84. The smallest absolute Gasteiger partial charge is 0.257 e. The van der Waals surface area contributed by atoms with Crippen LogP contribution in [-0.4, -0.2) is 30.8 Å². The highest BCUT2D eigenvalue weighted by atomic mass is 16.2. The van der Waals surface area contributed by atoms with E-state index in [2.05, 4.69) is 0 Å². The Morgan fingerprint density at radius 3 is 2.25 bits per heavy atom. The summed E-state index contributed by atoms with van der Waals surface area (Å²) in [6.07, 6.45) is 0.847. The summed E-state index contributed by atoms with van der Waals surface area (Å²) >= 11 is 0. The van der Waals surface area contributed by atoms with Crippen molar-refractivity contribution in [2.24, 2.45) is 0 Å². The molecule has 0 aliphatic heterocycles. The lowest BCUT2D eigenvalue weighted by Gasteiger charge is -2.02. The normalized spacial score (nSPS) is 7.25. The summed E-state index contributed by atoms with van der Waals surface area (Å²) in [6, 6.07) is 0. The standard InChI is InChI=1S/C5H7NO2/c1-6(2)5(8)3-4-7/h3H,1-2H3. The maximum Gasteiger partial charge on any atom is 0.257 e. The largest absolute Gasteiger partial charge is 0.345 e. The molecule has 8 heavy (non-hydrogen) atoms. The van der Waals surface area contributed by atoms with E-state index in [-0.39, 0.29) is 5.91 Å². The molecule has 0 aliphatic carbocycles. The minimum Gasteiger partial charge on any atom is -0.345 e. The van der Waals surface area contributed by atoms with Gasteiger partial charge in [0, 0.05) is 14.1 Å². The summed E-state index contributed by atoms with van der Waals surface area (Å²) in [5, 5.41) is 0. The Labute approximate surface area is 47.6 Å². The van der Waals surface area contributed by atoms with Gasteiger partial charge in [-0.15, -0.1) is 0 Å². The third kappa shape index (κ3) is 2.16. The van der Waals surface area contributed by atoms with Crippen molar-refractivity contribution in [3.05, 3.63) is 6.08 Å². The molecule has 0 atom stereocenters. The van der Waals surface area contributed by atoms with Crippen LogP contribution in [0.2, 0.25) is 0 Å². The third-order valence-electron chi connectivity index (χ3n) is 0.623. The first kappa shape index (κ1) is 6.92. The predicted octanol–water partition coefficient (Wildman–Crippen LogP) is -0.538. The molecule has 1 amide bonds. The van der Waals surface area contributed by atoms with E-state index in [1.54, 1.807) is 14.1 Å². The summed E-state index contributed by atoms with van der Waals surface area (Å²) in [5.41, 5.74) is 0. The summed E-state index contributed by atoms with van der Waals surface area (Å²) in [4.78, 5) is 21.1. The predicted molar refractivity (Wildman–Crippen MR) is 29.0 cm³/mol. The molecule has 0 spiro atoms. The van der Waals surface area contributed by atoms with Gasteiger partial charge < -0.3 is 4.90 Å². The van der Waals surface area contributed by atoms with Gasteiger partial charge in [-0.25, -0.2) is 4.79 Å². The van der Waals surface area contributed by atoms with Crippen LogP contribution in [0.25, 0.3) is 0 Å². The van der Waals surface area contributed by atoms with Gasteiger partial charge in [-0.1, -0.05) is 0 Å². The fourth-order valence-corrected chi connectivity index (χ4v) is 0.180. The molecule has 0 aliphatic rings. The number of hydrogen-bond donors (Lipinski definition) is 0. The van der Waals surface area contributed by atoms with Crippen LogP contribution in [0.3, 0.4) is 0 Å². The van der Waals surface area contributed by atoms with Crippen LogP contribution < -0.4 is 0 Å². The van der Waals surface area contributed by atoms with Gasteiger partial charge in [0.2, 0.25) is 0 Å². The Morgan fingerprint density at radius 2 is 2.12 bits per heavy atom. The monoisotopic (exact) mass is 113 g/mol. The molecule has 0 bridgehead atoms. The van der Waals surface area contributed by atoms with E-state index in [1.165, 1.54) is 10.8 Å². The zero-order chi connectivity index (χ0) is 6.57. The van der Waals surface area contributed by atoms with Crippen LogP contribution in [0.5, 0.6) is 0 Å². The van der Waals surface area contributed by atoms with Gasteiger partial charge in [0.25, 0.3) is 5.91 Å². The minimum absolute atomic E-state index is 0.333. The van der Waals surface area contributed by atoms with Crippen LogP contribution in [0.4, 0.5) is 0 Å². The second kappa shape index (κ2) is 2.99. The molecule has 0 saturated carbocycles. The highest BCUT2D eigenvalue weighted by molar-refractivity contribution is 5.93. The highest BCUT2D eigenvalue weighted by Crippen LogP contribution is 1.74. The average Bonchev–Trinajstić information content (AvgIpc) is 1.67. The first-order chi connectivity index (χ1) is 3.68. The van der Waals surface area contributed by atoms with Crippen molar-refractivity contribution >= 4 is 11.8 Å². The Kier molecular flexibility index (Phi) is 2.59. The summed E-state index contributed by atoms with van der Waals surface area (Å²) in [5.74, 6) is 1.05. The molecule has 3 heteroatoms. The summed E-state index contributed by atoms with van der Waals surface area (Å²) in [6.45, 7) is 0. The lowest BCUT2D eigenvalue weighted by atomic mass is 10.5.